The van der Waals surface area contributed by atoms with Crippen LogP contribution in [0.15, 0.2) is 48.8 Å². The first kappa shape index (κ1) is 14.5. The van der Waals surface area contributed by atoms with E-state index in [-0.39, 0.29) is 23.5 Å². The van der Waals surface area contributed by atoms with Gasteiger partial charge in [0, 0.05) is 30.1 Å². The van der Waals surface area contributed by atoms with Crippen molar-refractivity contribution in [2.24, 2.45) is 0 Å². The molecule has 116 valence electrons. The summed E-state index contributed by atoms with van der Waals surface area (Å²) in [5.41, 5.74) is 1.01. The molecule has 1 amide bonds. The Bertz CT molecular complexity index is 903. The number of benzene rings is 1. The topological polar surface area (TPSA) is 110 Å². The molecule has 3 rings (SSSR count). The Kier molecular flexibility index (Phi) is 3.63. The summed E-state index contributed by atoms with van der Waals surface area (Å²) >= 11 is 0. The molecule has 2 N–H and O–H groups in total. The Labute approximate surface area is 130 Å². The number of pyridine rings is 1. The number of rotatable bonds is 4. The average Bonchev–Trinajstić information content (AvgIpc) is 2.97. The number of imidazole rings is 1. The van der Waals surface area contributed by atoms with Crippen molar-refractivity contribution in [1.29, 1.82) is 0 Å². The van der Waals surface area contributed by atoms with E-state index in [2.05, 4.69) is 10.3 Å². The van der Waals surface area contributed by atoms with E-state index in [0.717, 1.165) is 0 Å². The smallest absolute Gasteiger partial charge is 0.270 e. The Morgan fingerprint density at radius 1 is 1.35 bits per heavy atom. The maximum Gasteiger partial charge on any atom is 0.270 e. The van der Waals surface area contributed by atoms with Crippen molar-refractivity contribution < 1.29 is 14.8 Å². The summed E-state index contributed by atoms with van der Waals surface area (Å²) in [6.07, 6.45) is 3.41. The van der Waals surface area contributed by atoms with Crippen LogP contribution in [0, 0.1) is 10.1 Å². The number of amides is 1. The molecule has 8 heteroatoms. The second-order valence-electron chi connectivity index (χ2n) is 4.85. The lowest BCUT2D eigenvalue weighted by Gasteiger charge is -2.03. The molecule has 0 spiro atoms. The van der Waals surface area contributed by atoms with E-state index in [1.807, 2.05) is 0 Å². The number of carbonyl (C=O) groups excluding carboxylic acids is 1. The highest BCUT2D eigenvalue weighted by atomic mass is 16.6. The lowest BCUT2D eigenvalue weighted by molar-refractivity contribution is -0.384. The summed E-state index contributed by atoms with van der Waals surface area (Å²) in [6.45, 7) is 0.142. The minimum Gasteiger partial charge on any atom is -0.504 e. The lowest BCUT2D eigenvalue weighted by atomic mass is 10.2. The molecule has 0 aliphatic carbocycles. The lowest BCUT2D eigenvalue weighted by Crippen LogP contribution is -2.23. The standard InChI is InChI=1S/C15H12N4O4/c20-13-5-2-6-18-9-11(17-14(13)18)8-16-15(21)10-3-1-4-12(7-10)19(22)23/h1-7,9,20H,8H2,(H,16,21). The number of aromatic hydroxyl groups is 1. The Morgan fingerprint density at radius 2 is 2.17 bits per heavy atom. The van der Waals surface area contributed by atoms with Crippen molar-refractivity contribution in [2.75, 3.05) is 0 Å². The number of hydrogen-bond acceptors (Lipinski definition) is 5. The van der Waals surface area contributed by atoms with Gasteiger partial charge in [-0.05, 0) is 18.2 Å². The second-order valence-corrected chi connectivity index (χ2v) is 4.85. The van der Waals surface area contributed by atoms with Gasteiger partial charge in [0.1, 0.15) is 0 Å². The summed E-state index contributed by atoms with van der Waals surface area (Å²) in [4.78, 5) is 26.4. The van der Waals surface area contributed by atoms with Crippen molar-refractivity contribution in [2.45, 2.75) is 6.54 Å². The van der Waals surface area contributed by atoms with Gasteiger partial charge in [0.15, 0.2) is 11.4 Å². The van der Waals surface area contributed by atoms with E-state index in [4.69, 9.17) is 0 Å². The third-order valence-electron chi connectivity index (χ3n) is 3.26. The quantitative estimate of drug-likeness (QED) is 0.564. The largest absolute Gasteiger partial charge is 0.504 e. The zero-order valence-electron chi connectivity index (χ0n) is 11.8. The molecule has 1 aromatic carbocycles. The summed E-state index contributed by atoms with van der Waals surface area (Å²) in [7, 11) is 0. The molecule has 3 aromatic rings. The fraction of sp³-hybridized carbons (Fsp3) is 0.0667. The first-order valence-corrected chi connectivity index (χ1v) is 6.73. The number of hydrogen-bond donors (Lipinski definition) is 2. The molecular formula is C15H12N4O4. The SMILES string of the molecule is O=C(NCc1cn2cccc(O)c2n1)c1cccc([N+](=O)[O-])c1. The normalized spacial score (nSPS) is 10.6. The molecule has 0 saturated carbocycles. The van der Waals surface area contributed by atoms with Crippen molar-refractivity contribution in [3.05, 3.63) is 70.2 Å². The van der Waals surface area contributed by atoms with E-state index in [1.54, 1.807) is 22.9 Å². The van der Waals surface area contributed by atoms with Gasteiger partial charge in [-0.1, -0.05) is 6.07 Å². The van der Waals surface area contributed by atoms with Gasteiger partial charge in [-0.15, -0.1) is 0 Å². The number of nitrogens with zero attached hydrogens (tertiary/aromatic N) is 3. The van der Waals surface area contributed by atoms with E-state index in [1.165, 1.54) is 30.3 Å². The van der Waals surface area contributed by atoms with Crippen LogP contribution < -0.4 is 5.32 Å². The average molecular weight is 312 g/mol. The predicted octanol–water partition coefficient (Wildman–Crippen LogP) is 1.88. The first-order chi connectivity index (χ1) is 11.0. The number of nitrogens with one attached hydrogen (secondary N) is 1. The van der Waals surface area contributed by atoms with E-state index in [9.17, 15) is 20.0 Å². The van der Waals surface area contributed by atoms with Gasteiger partial charge in [0.25, 0.3) is 11.6 Å². The Hall–Kier alpha value is -3.42. The maximum absolute atomic E-state index is 12.1. The fourth-order valence-corrected chi connectivity index (χ4v) is 2.17. The Morgan fingerprint density at radius 3 is 2.91 bits per heavy atom. The van der Waals surface area contributed by atoms with Crippen LogP contribution in [-0.2, 0) is 6.54 Å². The van der Waals surface area contributed by atoms with Gasteiger partial charge >= 0.3 is 0 Å². The molecule has 23 heavy (non-hydrogen) atoms. The van der Waals surface area contributed by atoms with E-state index in [0.29, 0.717) is 11.3 Å². The predicted molar refractivity (Wildman–Crippen MR) is 81.1 cm³/mol. The molecule has 0 fully saturated rings. The van der Waals surface area contributed by atoms with Crippen LogP contribution >= 0.6 is 0 Å². The van der Waals surface area contributed by atoms with Gasteiger partial charge in [0.2, 0.25) is 0 Å². The molecule has 2 heterocycles. The number of fused-ring (bicyclic) bond motifs is 1. The minimum absolute atomic E-state index is 0.0451. The highest BCUT2D eigenvalue weighted by Crippen LogP contribution is 2.17. The molecule has 0 radical (unpaired) electrons. The van der Waals surface area contributed by atoms with Crippen LogP contribution in [0.4, 0.5) is 5.69 Å². The van der Waals surface area contributed by atoms with Gasteiger partial charge < -0.3 is 14.8 Å². The Balaban J connectivity index is 1.74. The van der Waals surface area contributed by atoms with Gasteiger partial charge in [-0.3, -0.25) is 14.9 Å². The monoisotopic (exact) mass is 312 g/mol. The third-order valence-corrected chi connectivity index (χ3v) is 3.26. The molecular weight excluding hydrogens is 300 g/mol. The van der Waals surface area contributed by atoms with Crippen molar-refractivity contribution in [3.8, 4) is 5.75 Å². The van der Waals surface area contributed by atoms with Gasteiger partial charge in [0.05, 0.1) is 17.2 Å². The van der Waals surface area contributed by atoms with E-state index < -0.39 is 10.8 Å². The van der Waals surface area contributed by atoms with Gasteiger partial charge in [-0.25, -0.2) is 4.98 Å². The van der Waals surface area contributed by atoms with Crippen LogP contribution in [0.1, 0.15) is 16.1 Å². The van der Waals surface area contributed by atoms with E-state index >= 15 is 0 Å². The summed E-state index contributed by atoms with van der Waals surface area (Å²) < 4.78 is 1.64. The molecule has 0 bridgehead atoms. The summed E-state index contributed by atoms with van der Waals surface area (Å²) in [6, 6.07) is 8.68. The van der Waals surface area contributed by atoms with Crippen LogP contribution in [0.5, 0.6) is 5.75 Å². The van der Waals surface area contributed by atoms with Crippen LogP contribution in [0.2, 0.25) is 0 Å². The summed E-state index contributed by atoms with van der Waals surface area (Å²) in [5, 5.41) is 23.1. The fourth-order valence-electron chi connectivity index (χ4n) is 2.17. The number of nitro groups is 1. The van der Waals surface area contributed by atoms with Crippen LogP contribution in [-0.4, -0.2) is 25.3 Å². The molecule has 0 saturated heterocycles. The molecule has 0 aliphatic heterocycles. The second kappa shape index (κ2) is 5.76. The van der Waals surface area contributed by atoms with Crippen molar-refractivity contribution >= 4 is 17.2 Å². The van der Waals surface area contributed by atoms with Crippen molar-refractivity contribution in [3.63, 3.8) is 0 Å². The molecule has 0 unspecified atom stereocenters. The highest BCUT2D eigenvalue weighted by molar-refractivity contribution is 5.94. The van der Waals surface area contributed by atoms with Crippen LogP contribution in [0.3, 0.4) is 0 Å². The third kappa shape index (κ3) is 2.95. The minimum atomic E-state index is -0.554. The molecule has 0 atom stereocenters. The van der Waals surface area contributed by atoms with Gasteiger partial charge in [-0.2, -0.15) is 0 Å². The zero-order chi connectivity index (χ0) is 16.4. The number of non-ortho nitro benzene ring substituents is 1. The summed E-state index contributed by atoms with van der Waals surface area (Å²) in [5.74, 6) is -0.390. The number of aromatic nitrogens is 2. The zero-order valence-corrected chi connectivity index (χ0v) is 11.8. The van der Waals surface area contributed by atoms with Crippen molar-refractivity contribution in [1.82, 2.24) is 14.7 Å². The molecule has 8 nitrogen and oxygen atoms in total. The highest BCUT2D eigenvalue weighted by Gasteiger charge is 2.12. The molecule has 0 aliphatic rings. The van der Waals surface area contributed by atoms with Crippen LogP contribution in [0.25, 0.3) is 5.65 Å². The maximum atomic E-state index is 12.1. The first-order valence-electron chi connectivity index (χ1n) is 6.73. The number of carbonyl (C=O) groups is 1. The number of nitro benzene ring substituents is 1. The molecule has 2 aromatic heterocycles.